The molecular weight excluding hydrogens is 334 g/mol. The molecule has 1 aromatic heterocycles. The van der Waals surface area contributed by atoms with Gasteiger partial charge in [-0.25, -0.2) is 4.79 Å². The van der Waals surface area contributed by atoms with Crippen LogP contribution in [0.5, 0.6) is 0 Å². The number of carboxylic acids is 1. The van der Waals surface area contributed by atoms with Gasteiger partial charge in [-0.15, -0.1) is 0 Å². The van der Waals surface area contributed by atoms with Crippen molar-refractivity contribution in [2.45, 2.75) is 44.9 Å². The van der Waals surface area contributed by atoms with Crippen molar-refractivity contribution in [1.82, 2.24) is 4.98 Å². The molecule has 3 aliphatic rings. The van der Waals surface area contributed by atoms with Crippen molar-refractivity contribution in [3.8, 4) is 0 Å². The van der Waals surface area contributed by atoms with Gasteiger partial charge in [0.15, 0.2) is 0 Å². The lowest BCUT2D eigenvalue weighted by Crippen LogP contribution is -2.40. The van der Waals surface area contributed by atoms with Gasteiger partial charge in [0.05, 0.1) is 5.56 Å². The number of carbonyl (C=O) groups is 1. The lowest BCUT2D eigenvalue weighted by molar-refractivity contribution is 0.0696. The van der Waals surface area contributed by atoms with Gasteiger partial charge in [0.2, 0.25) is 0 Å². The largest absolute Gasteiger partial charge is 0.478 e. The molecule has 1 N–H and O–H groups in total. The summed E-state index contributed by atoms with van der Waals surface area (Å²) in [5, 5.41) is 9.30. The van der Waals surface area contributed by atoms with Gasteiger partial charge in [-0.1, -0.05) is 25.1 Å². The Labute approximate surface area is 160 Å². The second kappa shape index (κ2) is 6.05. The lowest BCUT2D eigenvalue weighted by Gasteiger charge is -2.50. The molecule has 0 amide bonds. The Bertz CT molecular complexity index is 933. The number of hydrogen-bond donors (Lipinski definition) is 1. The third-order valence-electron chi connectivity index (χ3n) is 7.53. The van der Waals surface area contributed by atoms with E-state index in [0.29, 0.717) is 23.3 Å². The van der Waals surface area contributed by atoms with Crippen LogP contribution in [0.4, 0.5) is 0 Å². The van der Waals surface area contributed by atoms with Crippen LogP contribution in [0.3, 0.4) is 0 Å². The van der Waals surface area contributed by atoms with Crippen molar-refractivity contribution in [2.24, 2.45) is 17.3 Å². The average molecular weight is 359 g/mol. The van der Waals surface area contributed by atoms with Crippen molar-refractivity contribution in [3.63, 3.8) is 0 Å². The van der Waals surface area contributed by atoms with Crippen LogP contribution in [0.1, 0.15) is 65.6 Å². The molecular formula is C24H25NO2. The predicted octanol–water partition coefficient (Wildman–Crippen LogP) is 5.33. The highest BCUT2D eigenvalue weighted by atomic mass is 16.4. The monoisotopic (exact) mass is 359 g/mol. The van der Waals surface area contributed by atoms with E-state index in [1.165, 1.54) is 41.5 Å². The summed E-state index contributed by atoms with van der Waals surface area (Å²) in [6, 6.07) is 10.0. The summed E-state index contributed by atoms with van der Waals surface area (Å²) in [6.07, 6.45) is 12.0. The van der Waals surface area contributed by atoms with Gasteiger partial charge >= 0.3 is 5.97 Å². The molecule has 138 valence electrons. The molecule has 2 aromatic rings. The van der Waals surface area contributed by atoms with Gasteiger partial charge in [-0.3, -0.25) is 4.98 Å². The SMILES string of the molecule is CC12CCC3c4ccc(C(=O)O)cc4CCC3C1CC=C2c1cccnc1. The van der Waals surface area contributed by atoms with Crippen LogP contribution in [-0.4, -0.2) is 16.1 Å². The topological polar surface area (TPSA) is 50.2 Å². The first-order valence-corrected chi connectivity index (χ1v) is 10.0. The predicted molar refractivity (Wildman–Crippen MR) is 106 cm³/mol. The summed E-state index contributed by atoms with van der Waals surface area (Å²) >= 11 is 0. The molecule has 4 atom stereocenters. The first-order chi connectivity index (χ1) is 13.1. The lowest BCUT2D eigenvalue weighted by atomic mass is 9.54. The Hall–Kier alpha value is -2.42. The summed E-state index contributed by atoms with van der Waals surface area (Å²) in [5.74, 6) is 1.13. The molecule has 0 spiro atoms. The van der Waals surface area contributed by atoms with E-state index in [0.717, 1.165) is 12.8 Å². The number of rotatable bonds is 2. The second-order valence-corrected chi connectivity index (χ2v) is 8.69. The number of carboxylic acid groups (broad SMARTS) is 1. The smallest absolute Gasteiger partial charge is 0.335 e. The average Bonchev–Trinajstić information content (AvgIpc) is 3.05. The van der Waals surface area contributed by atoms with Crippen LogP contribution in [0.15, 0.2) is 48.8 Å². The Morgan fingerprint density at radius 3 is 2.93 bits per heavy atom. The number of aromatic carboxylic acids is 1. The van der Waals surface area contributed by atoms with Crippen molar-refractivity contribution >= 4 is 11.5 Å². The molecule has 0 saturated heterocycles. The quantitative estimate of drug-likeness (QED) is 0.788. The van der Waals surface area contributed by atoms with Crippen LogP contribution in [0, 0.1) is 17.3 Å². The van der Waals surface area contributed by atoms with Crippen LogP contribution in [0.25, 0.3) is 5.57 Å². The Morgan fingerprint density at radius 2 is 2.15 bits per heavy atom. The van der Waals surface area contributed by atoms with Crippen LogP contribution in [0.2, 0.25) is 0 Å². The minimum absolute atomic E-state index is 0.239. The highest BCUT2D eigenvalue weighted by Gasteiger charge is 2.51. The number of hydrogen-bond acceptors (Lipinski definition) is 2. The van der Waals surface area contributed by atoms with E-state index in [1.54, 1.807) is 6.07 Å². The van der Waals surface area contributed by atoms with E-state index in [9.17, 15) is 9.90 Å². The number of fused-ring (bicyclic) bond motifs is 5. The summed E-state index contributed by atoms with van der Waals surface area (Å²) in [5.41, 5.74) is 6.11. The fraction of sp³-hybridized carbons (Fsp3) is 0.417. The Morgan fingerprint density at radius 1 is 1.26 bits per heavy atom. The molecule has 3 aliphatic carbocycles. The molecule has 0 radical (unpaired) electrons. The molecule has 4 unspecified atom stereocenters. The molecule has 1 aromatic carbocycles. The van der Waals surface area contributed by atoms with Crippen LogP contribution >= 0.6 is 0 Å². The maximum Gasteiger partial charge on any atom is 0.335 e. The second-order valence-electron chi connectivity index (χ2n) is 8.69. The summed E-state index contributed by atoms with van der Waals surface area (Å²) in [6.45, 7) is 2.46. The Balaban J connectivity index is 1.47. The minimum atomic E-state index is -0.822. The van der Waals surface area contributed by atoms with Crippen LogP contribution < -0.4 is 0 Å². The van der Waals surface area contributed by atoms with Gasteiger partial charge in [0.25, 0.3) is 0 Å². The standard InChI is InChI=1S/C24H25NO2/c1-24-11-10-19-18-6-5-16(23(26)27)13-15(18)4-7-20(19)22(24)9-8-21(24)17-3-2-12-25-14-17/h2-3,5-6,8,12-14,19-20,22H,4,7,9-11H2,1H3,(H,26,27). The summed E-state index contributed by atoms with van der Waals surface area (Å²) < 4.78 is 0. The summed E-state index contributed by atoms with van der Waals surface area (Å²) in [4.78, 5) is 15.7. The van der Waals surface area contributed by atoms with Gasteiger partial charge in [-0.2, -0.15) is 0 Å². The molecule has 3 heteroatoms. The number of benzene rings is 1. The van der Waals surface area contributed by atoms with E-state index in [-0.39, 0.29) is 5.41 Å². The summed E-state index contributed by atoms with van der Waals surface area (Å²) in [7, 11) is 0. The number of pyridine rings is 1. The first-order valence-electron chi connectivity index (χ1n) is 10.0. The number of nitrogens with zero attached hydrogens (tertiary/aromatic N) is 1. The molecule has 5 rings (SSSR count). The van der Waals surface area contributed by atoms with Crippen LogP contribution in [-0.2, 0) is 6.42 Å². The highest BCUT2D eigenvalue weighted by molar-refractivity contribution is 5.88. The molecule has 1 fully saturated rings. The van der Waals surface area contributed by atoms with E-state index in [4.69, 9.17) is 0 Å². The Kier molecular flexibility index (Phi) is 3.75. The maximum atomic E-state index is 11.3. The third kappa shape index (κ3) is 2.48. The van der Waals surface area contributed by atoms with Crippen molar-refractivity contribution in [3.05, 3.63) is 71.1 Å². The fourth-order valence-corrected chi connectivity index (χ4v) is 6.25. The fourth-order valence-electron chi connectivity index (χ4n) is 6.25. The molecule has 0 bridgehead atoms. The zero-order chi connectivity index (χ0) is 18.6. The molecule has 3 nitrogen and oxygen atoms in total. The van der Waals surface area contributed by atoms with E-state index in [2.05, 4.69) is 30.1 Å². The maximum absolute atomic E-state index is 11.3. The molecule has 27 heavy (non-hydrogen) atoms. The number of aryl methyl sites for hydroxylation is 1. The van der Waals surface area contributed by atoms with Crippen molar-refractivity contribution in [2.75, 3.05) is 0 Å². The first kappa shape index (κ1) is 16.7. The van der Waals surface area contributed by atoms with E-state index >= 15 is 0 Å². The normalized spacial score (nSPS) is 31.4. The van der Waals surface area contributed by atoms with Gasteiger partial charge < -0.3 is 5.11 Å². The zero-order valence-electron chi connectivity index (χ0n) is 15.7. The van der Waals surface area contributed by atoms with Crippen molar-refractivity contribution in [1.29, 1.82) is 0 Å². The van der Waals surface area contributed by atoms with E-state index in [1.807, 2.05) is 24.5 Å². The number of aromatic nitrogens is 1. The highest BCUT2D eigenvalue weighted by Crippen LogP contribution is 2.63. The number of allylic oxidation sites excluding steroid dienone is 2. The molecule has 0 aliphatic heterocycles. The zero-order valence-corrected chi connectivity index (χ0v) is 15.7. The third-order valence-corrected chi connectivity index (χ3v) is 7.53. The van der Waals surface area contributed by atoms with Gasteiger partial charge in [0, 0.05) is 12.4 Å². The molecule has 1 heterocycles. The van der Waals surface area contributed by atoms with E-state index < -0.39 is 5.97 Å². The minimum Gasteiger partial charge on any atom is -0.478 e. The van der Waals surface area contributed by atoms with Gasteiger partial charge in [-0.05, 0) is 95.7 Å². The van der Waals surface area contributed by atoms with Crippen molar-refractivity contribution < 1.29 is 9.90 Å². The molecule has 1 saturated carbocycles. The van der Waals surface area contributed by atoms with Gasteiger partial charge in [0.1, 0.15) is 0 Å².